The molecule has 122 valence electrons. The van der Waals surface area contributed by atoms with Crippen molar-refractivity contribution in [3.8, 4) is 5.75 Å². The molecule has 0 radical (unpaired) electrons. The first-order valence-corrected chi connectivity index (χ1v) is 7.51. The zero-order chi connectivity index (χ0) is 16.9. The highest BCUT2D eigenvalue weighted by Gasteiger charge is 2.27. The van der Waals surface area contributed by atoms with Crippen molar-refractivity contribution in [1.29, 1.82) is 0 Å². The second kappa shape index (κ2) is 8.25. The summed E-state index contributed by atoms with van der Waals surface area (Å²) in [6.45, 7) is 5.18. The van der Waals surface area contributed by atoms with Crippen molar-refractivity contribution in [2.24, 2.45) is 5.92 Å². The van der Waals surface area contributed by atoms with Gasteiger partial charge in [0.1, 0.15) is 11.8 Å². The number of carbonyl (C=O) groups excluding carboxylic acids is 2. The molecule has 2 atom stereocenters. The summed E-state index contributed by atoms with van der Waals surface area (Å²) >= 11 is 11.8. The number of hydrogen-bond donors (Lipinski definition) is 1. The Labute approximate surface area is 139 Å². The first kappa shape index (κ1) is 18.6. The monoisotopic (exact) mass is 347 g/mol. The zero-order valence-corrected chi connectivity index (χ0v) is 14.4. The highest BCUT2D eigenvalue weighted by atomic mass is 35.5. The van der Waals surface area contributed by atoms with Gasteiger partial charge in [0.25, 0.3) is 5.91 Å². The van der Waals surface area contributed by atoms with Gasteiger partial charge < -0.3 is 14.8 Å². The molecule has 1 N–H and O–H groups in total. The van der Waals surface area contributed by atoms with Gasteiger partial charge in [-0.2, -0.15) is 0 Å². The Morgan fingerprint density at radius 3 is 2.32 bits per heavy atom. The van der Waals surface area contributed by atoms with E-state index in [1.165, 1.54) is 13.2 Å². The van der Waals surface area contributed by atoms with Gasteiger partial charge in [-0.15, -0.1) is 0 Å². The molecule has 0 heterocycles. The van der Waals surface area contributed by atoms with E-state index in [1.807, 2.05) is 13.8 Å². The first-order chi connectivity index (χ1) is 10.3. The van der Waals surface area contributed by atoms with Crippen LogP contribution in [0.2, 0.25) is 10.0 Å². The van der Waals surface area contributed by atoms with E-state index in [4.69, 9.17) is 27.9 Å². The summed E-state index contributed by atoms with van der Waals surface area (Å²) in [5.74, 6) is -0.703. The van der Waals surface area contributed by atoms with Crippen LogP contribution in [0.5, 0.6) is 5.75 Å². The van der Waals surface area contributed by atoms with Crippen molar-refractivity contribution in [3.05, 3.63) is 28.2 Å². The first-order valence-electron chi connectivity index (χ1n) is 6.76. The average Bonchev–Trinajstić information content (AvgIpc) is 2.46. The van der Waals surface area contributed by atoms with E-state index in [1.54, 1.807) is 19.1 Å². The van der Waals surface area contributed by atoms with Crippen LogP contribution >= 0.6 is 23.2 Å². The summed E-state index contributed by atoms with van der Waals surface area (Å²) in [6, 6.07) is 3.98. The molecule has 0 fully saturated rings. The number of ether oxygens (including phenoxy) is 2. The molecule has 1 rings (SSSR count). The number of nitrogens with one attached hydrogen (secondary N) is 1. The fourth-order valence-electron chi connectivity index (χ4n) is 1.71. The number of methoxy groups -OCH3 is 1. The molecule has 0 aliphatic rings. The van der Waals surface area contributed by atoms with E-state index in [9.17, 15) is 9.59 Å². The van der Waals surface area contributed by atoms with Crippen LogP contribution in [0.25, 0.3) is 0 Å². The SMILES string of the molecule is COC(=O)C(NC(=O)C(C)Oc1ccc(Cl)cc1Cl)C(C)C. The van der Waals surface area contributed by atoms with Gasteiger partial charge in [0.2, 0.25) is 0 Å². The molecule has 1 amide bonds. The van der Waals surface area contributed by atoms with Crippen molar-refractivity contribution in [2.75, 3.05) is 7.11 Å². The number of esters is 1. The number of halogens is 2. The van der Waals surface area contributed by atoms with E-state index in [-0.39, 0.29) is 5.92 Å². The molecule has 22 heavy (non-hydrogen) atoms. The molecule has 0 aliphatic heterocycles. The third kappa shape index (κ3) is 5.07. The molecule has 2 unspecified atom stereocenters. The molecule has 0 spiro atoms. The van der Waals surface area contributed by atoms with E-state index < -0.39 is 24.0 Å². The molecule has 7 heteroatoms. The maximum Gasteiger partial charge on any atom is 0.328 e. The lowest BCUT2D eigenvalue weighted by molar-refractivity contribution is -0.147. The fraction of sp³-hybridized carbons (Fsp3) is 0.467. The minimum atomic E-state index is -0.829. The second-order valence-electron chi connectivity index (χ2n) is 5.09. The normalized spacial score (nSPS) is 13.4. The van der Waals surface area contributed by atoms with Gasteiger partial charge in [-0.3, -0.25) is 4.79 Å². The molecular formula is C15H19Cl2NO4. The lowest BCUT2D eigenvalue weighted by Gasteiger charge is -2.22. The number of rotatable bonds is 6. The maximum atomic E-state index is 12.1. The van der Waals surface area contributed by atoms with Crippen LogP contribution in [0.3, 0.4) is 0 Å². The van der Waals surface area contributed by atoms with Crippen LogP contribution in [0.1, 0.15) is 20.8 Å². The van der Waals surface area contributed by atoms with Crippen LogP contribution in [0, 0.1) is 5.92 Å². The van der Waals surface area contributed by atoms with E-state index in [0.29, 0.717) is 15.8 Å². The number of hydrogen-bond acceptors (Lipinski definition) is 4. The predicted octanol–water partition coefficient (Wildman–Crippen LogP) is 3.07. The summed E-state index contributed by atoms with van der Waals surface area (Å²) in [5, 5.41) is 3.39. The van der Waals surface area contributed by atoms with Gasteiger partial charge >= 0.3 is 5.97 Å². The largest absolute Gasteiger partial charge is 0.479 e. The highest BCUT2D eigenvalue weighted by Crippen LogP contribution is 2.28. The van der Waals surface area contributed by atoms with Gasteiger partial charge in [0.05, 0.1) is 12.1 Å². The lowest BCUT2D eigenvalue weighted by Crippen LogP contribution is -2.49. The molecule has 1 aromatic rings. The highest BCUT2D eigenvalue weighted by molar-refractivity contribution is 6.35. The summed E-state index contributed by atoms with van der Waals surface area (Å²) in [4.78, 5) is 23.8. The summed E-state index contributed by atoms with van der Waals surface area (Å²) in [7, 11) is 1.28. The minimum absolute atomic E-state index is 0.109. The molecule has 0 bridgehead atoms. The Balaban J connectivity index is 2.73. The molecule has 1 aromatic carbocycles. The van der Waals surface area contributed by atoms with E-state index in [0.717, 1.165) is 0 Å². The van der Waals surface area contributed by atoms with Crippen LogP contribution in [-0.2, 0) is 14.3 Å². The Morgan fingerprint density at radius 1 is 1.18 bits per heavy atom. The molecule has 0 saturated carbocycles. The van der Waals surface area contributed by atoms with Crippen molar-refractivity contribution < 1.29 is 19.1 Å². The molecule has 0 aliphatic carbocycles. The van der Waals surface area contributed by atoms with Crippen LogP contribution < -0.4 is 10.1 Å². The predicted molar refractivity (Wildman–Crippen MR) is 85.3 cm³/mol. The number of carbonyl (C=O) groups is 2. The Kier molecular flexibility index (Phi) is 6.97. The van der Waals surface area contributed by atoms with Gasteiger partial charge in [-0.05, 0) is 31.0 Å². The molecule has 0 aromatic heterocycles. The van der Waals surface area contributed by atoms with Gasteiger partial charge in [0.15, 0.2) is 6.10 Å². The van der Waals surface area contributed by atoms with Gasteiger partial charge in [0, 0.05) is 5.02 Å². The topological polar surface area (TPSA) is 64.6 Å². The molecule has 0 saturated heterocycles. The maximum absolute atomic E-state index is 12.1. The quantitative estimate of drug-likeness (QED) is 0.803. The van der Waals surface area contributed by atoms with Gasteiger partial charge in [-0.1, -0.05) is 37.0 Å². The van der Waals surface area contributed by atoms with E-state index in [2.05, 4.69) is 10.1 Å². The average molecular weight is 348 g/mol. The standard InChI is InChI=1S/C15H19Cl2NO4/c1-8(2)13(15(20)21-4)18-14(19)9(3)22-12-6-5-10(16)7-11(12)17/h5-9,13H,1-4H3,(H,18,19). The van der Waals surface area contributed by atoms with Gasteiger partial charge in [-0.25, -0.2) is 4.79 Å². The molecular weight excluding hydrogens is 329 g/mol. The minimum Gasteiger partial charge on any atom is -0.479 e. The van der Waals surface area contributed by atoms with Crippen molar-refractivity contribution in [2.45, 2.75) is 32.9 Å². The van der Waals surface area contributed by atoms with E-state index >= 15 is 0 Å². The van der Waals surface area contributed by atoms with Crippen molar-refractivity contribution in [3.63, 3.8) is 0 Å². The summed E-state index contributed by atoms with van der Waals surface area (Å²) in [6.07, 6.45) is -0.829. The van der Waals surface area contributed by atoms with Crippen LogP contribution in [-0.4, -0.2) is 31.1 Å². The Bertz CT molecular complexity index is 548. The summed E-state index contributed by atoms with van der Waals surface area (Å²) in [5.41, 5.74) is 0. The van der Waals surface area contributed by atoms with Crippen molar-refractivity contribution >= 4 is 35.1 Å². The zero-order valence-electron chi connectivity index (χ0n) is 12.9. The molecule has 5 nitrogen and oxygen atoms in total. The Morgan fingerprint density at radius 2 is 1.82 bits per heavy atom. The van der Waals surface area contributed by atoms with Crippen molar-refractivity contribution in [1.82, 2.24) is 5.32 Å². The van der Waals surface area contributed by atoms with Crippen LogP contribution in [0.4, 0.5) is 0 Å². The number of benzene rings is 1. The third-order valence-corrected chi connectivity index (χ3v) is 3.52. The van der Waals surface area contributed by atoms with Crippen LogP contribution in [0.15, 0.2) is 18.2 Å². The summed E-state index contributed by atoms with van der Waals surface area (Å²) < 4.78 is 10.2. The third-order valence-electron chi connectivity index (χ3n) is 2.99. The smallest absolute Gasteiger partial charge is 0.328 e. The lowest BCUT2D eigenvalue weighted by atomic mass is 10.0. The fourth-order valence-corrected chi connectivity index (χ4v) is 2.16. The Hall–Kier alpha value is -1.46. The number of amides is 1. The second-order valence-corrected chi connectivity index (χ2v) is 5.93.